The molecule has 3 heteroatoms. The van der Waals surface area contributed by atoms with Gasteiger partial charge in [0.25, 0.3) is 0 Å². The van der Waals surface area contributed by atoms with Gasteiger partial charge in [-0.1, -0.05) is 91.8 Å². The van der Waals surface area contributed by atoms with Crippen molar-refractivity contribution in [3.8, 4) is 0 Å². The van der Waals surface area contributed by atoms with Crippen LogP contribution in [0.4, 0.5) is 11.4 Å². The van der Waals surface area contributed by atoms with Crippen LogP contribution in [0, 0.1) is 0 Å². The Morgan fingerprint density at radius 1 is 0.576 bits per heavy atom. The SMILES string of the molecule is CC(C)c1cccc(C(C)C)c1N1C=CN(c2c(C(C)C)cccc2C(C)C)C1=CN(C)C. The van der Waals surface area contributed by atoms with Gasteiger partial charge in [-0.2, -0.15) is 0 Å². The first-order valence-electron chi connectivity index (χ1n) is 12.4. The molecule has 3 nitrogen and oxygen atoms in total. The highest BCUT2D eigenvalue weighted by Gasteiger charge is 2.31. The Morgan fingerprint density at radius 2 is 0.879 bits per heavy atom. The standard InChI is InChI=1S/C30H43N3/c1-20(2)24-13-11-14-25(21(3)4)29(24)32-17-18-33(28(32)19-31(9)10)30-26(22(5)6)15-12-16-27(30)23(7)8/h11-23H,1-10H3. The summed E-state index contributed by atoms with van der Waals surface area (Å²) >= 11 is 0. The third-order valence-electron chi connectivity index (χ3n) is 6.40. The molecule has 0 saturated heterocycles. The van der Waals surface area contributed by atoms with Crippen molar-refractivity contribution in [2.75, 3.05) is 23.9 Å². The Kier molecular flexibility index (Phi) is 7.62. The van der Waals surface area contributed by atoms with Crippen molar-refractivity contribution in [2.45, 2.75) is 79.1 Å². The summed E-state index contributed by atoms with van der Waals surface area (Å²) in [5.41, 5.74) is 8.19. The minimum atomic E-state index is 0.441. The molecule has 0 amide bonds. The van der Waals surface area contributed by atoms with Gasteiger partial charge in [-0.25, -0.2) is 0 Å². The number of anilines is 2. The van der Waals surface area contributed by atoms with Gasteiger partial charge in [0.05, 0.1) is 11.4 Å². The summed E-state index contributed by atoms with van der Waals surface area (Å²) in [5, 5.41) is 0. The smallest absolute Gasteiger partial charge is 0.138 e. The molecule has 0 aromatic heterocycles. The molecule has 0 spiro atoms. The minimum Gasteiger partial charge on any atom is -0.381 e. The second kappa shape index (κ2) is 10.1. The van der Waals surface area contributed by atoms with E-state index < -0.39 is 0 Å². The summed E-state index contributed by atoms with van der Waals surface area (Å²) in [5.74, 6) is 2.93. The monoisotopic (exact) mass is 445 g/mol. The third kappa shape index (κ3) is 4.98. The van der Waals surface area contributed by atoms with Gasteiger partial charge in [0, 0.05) is 32.7 Å². The Bertz CT molecular complexity index is 897. The number of benzene rings is 2. The molecule has 2 aromatic carbocycles. The van der Waals surface area contributed by atoms with Crippen LogP contribution < -0.4 is 9.80 Å². The average Bonchev–Trinajstić information content (AvgIpc) is 3.14. The van der Waals surface area contributed by atoms with Crippen LogP contribution in [0.1, 0.15) is 101 Å². The van der Waals surface area contributed by atoms with Gasteiger partial charge in [-0.15, -0.1) is 0 Å². The third-order valence-corrected chi connectivity index (χ3v) is 6.40. The number of rotatable bonds is 7. The lowest BCUT2D eigenvalue weighted by atomic mass is 9.91. The molecule has 33 heavy (non-hydrogen) atoms. The van der Waals surface area contributed by atoms with Gasteiger partial charge in [0.15, 0.2) is 0 Å². The zero-order valence-corrected chi connectivity index (χ0v) is 22.3. The predicted octanol–water partition coefficient (Wildman–Crippen LogP) is 8.34. The topological polar surface area (TPSA) is 9.72 Å². The summed E-state index contributed by atoms with van der Waals surface area (Å²) in [6.45, 7) is 18.3. The van der Waals surface area contributed by atoms with E-state index in [9.17, 15) is 0 Å². The van der Waals surface area contributed by atoms with E-state index in [2.05, 4.69) is 139 Å². The van der Waals surface area contributed by atoms with Crippen LogP contribution in [0.5, 0.6) is 0 Å². The molecule has 1 aliphatic heterocycles. The van der Waals surface area contributed by atoms with E-state index in [4.69, 9.17) is 0 Å². The fourth-order valence-electron chi connectivity index (χ4n) is 4.72. The van der Waals surface area contributed by atoms with Crippen LogP contribution in [-0.4, -0.2) is 19.0 Å². The maximum atomic E-state index is 2.41. The van der Waals surface area contributed by atoms with E-state index in [1.165, 1.54) is 39.4 Å². The van der Waals surface area contributed by atoms with Crippen LogP contribution in [0.2, 0.25) is 0 Å². The van der Waals surface area contributed by atoms with Crippen molar-refractivity contribution in [1.29, 1.82) is 0 Å². The number of hydrogen-bond donors (Lipinski definition) is 0. The van der Waals surface area contributed by atoms with E-state index in [-0.39, 0.29) is 0 Å². The van der Waals surface area contributed by atoms with Crippen LogP contribution in [0.25, 0.3) is 0 Å². The number of para-hydroxylation sites is 2. The summed E-state index contributed by atoms with van der Waals surface area (Å²) in [4.78, 5) is 6.97. The lowest BCUT2D eigenvalue weighted by Gasteiger charge is -2.33. The van der Waals surface area contributed by atoms with Crippen molar-refractivity contribution in [3.05, 3.63) is 83.1 Å². The lowest BCUT2D eigenvalue weighted by Crippen LogP contribution is -2.28. The van der Waals surface area contributed by atoms with Gasteiger partial charge >= 0.3 is 0 Å². The lowest BCUT2D eigenvalue weighted by molar-refractivity contribution is 0.555. The van der Waals surface area contributed by atoms with E-state index in [1.807, 2.05) is 0 Å². The van der Waals surface area contributed by atoms with E-state index in [0.29, 0.717) is 23.7 Å². The van der Waals surface area contributed by atoms with E-state index in [1.54, 1.807) is 0 Å². The van der Waals surface area contributed by atoms with Crippen molar-refractivity contribution >= 4 is 11.4 Å². The van der Waals surface area contributed by atoms with Crippen molar-refractivity contribution < 1.29 is 0 Å². The van der Waals surface area contributed by atoms with Crippen LogP contribution in [0.3, 0.4) is 0 Å². The van der Waals surface area contributed by atoms with Crippen molar-refractivity contribution in [1.82, 2.24) is 4.90 Å². The Morgan fingerprint density at radius 3 is 1.12 bits per heavy atom. The normalized spacial score (nSPS) is 13.9. The number of hydrogen-bond acceptors (Lipinski definition) is 3. The maximum Gasteiger partial charge on any atom is 0.138 e. The average molecular weight is 446 g/mol. The molecule has 1 heterocycles. The molecule has 0 unspecified atom stereocenters. The van der Waals surface area contributed by atoms with E-state index >= 15 is 0 Å². The van der Waals surface area contributed by atoms with E-state index in [0.717, 1.165) is 0 Å². The molecule has 1 aliphatic rings. The molecule has 0 fully saturated rings. The molecule has 2 aromatic rings. The maximum absolute atomic E-state index is 2.41. The van der Waals surface area contributed by atoms with Gasteiger partial charge in [-0.3, -0.25) is 9.80 Å². The first kappa shape index (κ1) is 25.0. The quantitative estimate of drug-likeness (QED) is 0.424. The van der Waals surface area contributed by atoms with Crippen LogP contribution in [0.15, 0.2) is 60.8 Å². The molecule has 0 aliphatic carbocycles. The molecule has 0 radical (unpaired) electrons. The number of nitrogens with zero attached hydrogens (tertiary/aromatic N) is 3. The first-order valence-corrected chi connectivity index (χ1v) is 12.4. The van der Waals surface area contributed by atoms with Crippen LogP contribution in [-0.2, 0) is 0 Å². The summed E-state index contributed by atoms with van der Waals surface area (Å²) in [6, 6.07) is 13.6. The summed E-state index contributed by atoms with van der Waals surface area (Å²) in [7, 11) is 4.22. The second-order valence-corrected chi connectivity index (χ2v) is 10.7. The highest BCUT2D eigenvalue weighted by atomic mass is 15.4. The Balaban J connectivity index is 2.27. The highest BCUT2D eigenvalue weighted by Crippen LogP contribution is 2.44. The van der Waals surface area contributed by atoms with Crippen LogP contribution >= 0.6 is 0 Å². The summed E-state index contributed by atoms with van der Waals surface area (Å²) < 4.78 is 0. The fourth-order valence-corrected chi connectivity index (χ4v) is 4.72. The van der Waals surface area contributed by atoms with Crippen molar-refractivity contribution in [3.63, 3.8) is 0 Å². The molecule has 0 N–H and O–H groups in total. The zero-order valence-electron chi connectivity index (χ0n) is 22.3. The molecule has 3 rings (SSSR count). The summed E-state index contributed by atoms with van der Waals surface area (Å²) in [6.07, 6.45) is 6.76. The van der Waals surface area contributed by atoms with Gasteiger partial charge in [0.1, 0.15) is 5.82 Å². The zero-order chi connectivity index (χ0) is 24.4. The van der Waals surface area contributed by atoms with Gasteiger partial charge in [0.2, 0.25) is 0 Å². The predicted molar refractivity (Wildman–Crippen MR) is 145 cm³/mol. The minimum absolute atomic E-state index is 0.441. The molecule has 178 valence electrons. The van der Waals surface area contributed by atoms with Crippen molar-refractivity contribution in [2.24, 2.45) is 0 Å². The second-order valence-electron chi connectivity index (χ2n) is 10.7. The Hall–Kier alpha value is -2.68. The Labute approximate surface area is 202 Å². The molecular formula is C30H43N3. The van der Waals surface area contributed by atoms with Gasteiger partial charge in [-0.05, 0) is 45.9 Å². The first-order chi connectivity index (χ1) is 15.5. The largest absolute Gasteiger partial charge is 0.381 e. The molecule has 0 bridgehead atoms. The molecule has 0 atom stereocenters. The molecular weight excluding hydrogens is 402 g/mol. The van der Waals surface area contributed by atoms with Gasteiger partial charge < -0.3 is 4.90 Å². The fraction of sp³-hybridized carbons (Fsp3) is 0.467. The molecule has 0 saturated carbocycles. The highest BCUT2D eigenvalue weighted by molar-refractivity contribution is 5.77.